The van der Waals surface area contributed by atoms with Crippen molar-refractivity contribution in [1.82, 2.24) is 19.3 Å². The fraction of sp³-hybridized carbons (Fsp3) is 0.188. The van der Waals surface area contributed by atoms with Crippen molar-refractivity contribution < 1.29 is 4.39 Å². The summed E-state index contributed by atoms with van der Waals surface area (Å²) < 4.78 is 15.3. The molecule has 24 heavy (non-hydrogen) atoms. The zero-order valence-corrected chi connectivity index (χ0v) is 13.6. The molecule has 2 N–H and O–H groups in total. The minimum absolute atomic E-state index is 0.0516. The topological polar surface area (TPSA) is 78.7 Å². The van der Waals surface area contributed by atoms with Crippen LogP contribution in [-0.4, -0.2) is 25.9 Å². The molecule has 0 aromatic carbocycles. The molecule has 0 unspecified atom stereocenters. The zero-order chi connectivity index (χ0) is 16.9. The van der Waals surface area contributed by atoms with E-state index in [9.17, 15) is 9.18 Å². The lowest BCUT2D eigenvalue weighted by atomic mass is 10.2. The molecule has 3 heterocycles. The number of nitrogens with zero attached hydrogens (tertiary/aromatic N) is 4. The molecule has 0 bridgehead atoms. The molecule has 8 heteroatoms. The van der Waals surface area contributed by atoms with Crippen molar-refractivity contribution in [3.05, 3.63) is 70.3 Å². The molecule has 0 amide bonds. The highest BCUT2D eigenvalue weighted by atomic mass is 32.1. The van der Waals surface area contributed by atoms with E-state index < -0.39 is 0 Å². The maximum Gasteiger partial charge on any atom is 0.346 e. The minimum Gasteiger partial charge on any atom is -0.327 e. The van der Waals surface area contributed by atoms with E-state index in [-0.39, 0.29) is 18.8 Å². The van der Waals surface area contributed by atoms with Crippen LogP contribution in [0.5, 0.6) is 0 Å². The molecule has 3 aromatic heterocycles. The van der Waals surface area contributed by atoms with Crippen LogP contribution in [-0.2, 0) is 13.1 Å². The van der Waals surface area contributed by atoms with Gasteiger partial charge in [0.05, 0.1) is 19.4 Å². The van der Waals surface area contributed by atoms with Crippen molar-refractivity contribution in [3.63, 3.8) is 0 Å². The monoisotopic (exact) mass is 345 g/mol. The number of thiophene rings is 1. The van der Waals surface area contributed by atoms with E-state index >= 15 is 0 Å². The number of nitrogens with two attached hydrogens (primary N) is 1. The van der Waals surface area contributed by atoms with E-state index in [1.165, 1.54) is 15.6 Å². The number of hydrogen-bond acceptors (Lipinski definition) is 5. The first-order valence-electron chi connectivity index (χ1n) is 7.31. The smallest absolute Gasteiger partial charge is 0.327 e. The van der Waals surface area contributed by atoms with Gasteiger partial charge >= 0.3 is 5.69 Å². The van der Waals surface area contributed by atoms with Crippen LogP contribution in [0.3, 0.4) is 0 Å². The summed E-state index contributed by atoms with van der Waals surface area (Å²) in [5.41, 5.74) is 6.52. The Morgan fingerprint density at radius 2 is 2.08 bits per heavy atom. The van der Waals surface area contributed by atoms with Crippen LogP contribution in [0.2, 0.25) is 0 Å². The fourth-order valence-electron chi connectivity index (χ4n) is 2.23. The SMILES string of the molecule is NC/C(=C\F)Cn1ncn(Cc2ccc(-c3ccncc3)s2)c1=O. The molecule has 0 fully saturated rings. The zero-order valence-electron chi connectivity index (χ0n) is 12.8. The quantitative estimate of drug-likeness (QED) is 0.741. The highest BCUT2D eigenvalue weighted by Gasteiger charge is 2.09. The van der Waals surface area contributed by atoms with Gasteiger partial charge in [-0.1, -0.05) is 0 Å². The van der Waals surface area contributed by atoms with Gasteiger partial charge in [-0.3, -0.25) is 9.55 Å². The van der Waals surface area contributed by atoms with Crippen molar-refractivity contribution in [1.29, 1.82) is 0 Å². The third kappa shape index (κ3) is 3.50. The molecular weight excluding hydrogens is 329 g/mol. The van der Waals surface area contributed by atoms with Crippen LogP contribution < -0.4 is 11.4 Å². The second kappa shape index (κ2) is 7.33. The summed E-state index contributed by atoms with van der Waals surface area (Å²) in [6.07, 6.45) is 5.37. The molecule has 3 aromatic rings. The second-order valence-electron chi connectivity index (χ2n) is 5.17. The first kappa shape index (κ1) is 16.3. The molecule has 0 radical (unpaired) electrons. The van der Waals surface area contributed by atoms with Crippen LogP contribution in [0.25, 0.3) is 10.4 Å². The molecule has 0 aliphatic carbocycles. The van der Waals surface area contributed by atoms with Gasteiger partial charge in [0.25, 0.3) is 0 Å². The number of aromatic nitrogens is 4. The van der Waals surface area contributed by atoms with E-state index in [1.54, 1.807) is 23.7 Å². The van der Waals surface area contributed by atoms with Gasteiger partial charge in [-0.15, -0.1) is 11.3 Å². The first-order chi connectivity index (χ1) is 11.7. The summed E-state index contributed by atoms with van der Waals surface area (Å²) in [4.78, 5) is 18.4. The van der Waals surface area contributed by atoms with Gasteiger partial charge in [-0.2, -0.15) is 5.10 Å². The summed E-state index contributed by atoms with van der Waals surface area (Å²) in [5, 5.41) is 4.01. The van der Waals surface area contributed by atoms with E-state index in [0.29, 0.717) is 18.4 Å². The number of rotatable bonds is 6. The van der Waals surface area contributed by atoms with E-state index in [4.69, 9.17) is 5.73 Å². The van der Waals surface area contributed by atoms with Crippen molar-refractivity contribution >= 4 is 11.3 Å². The van der Waals surface area contributed by atoms with Gasteiger partial charge in [0.2, 0.25) is 0 Å². The molecule has 124 valence electrons. The van der Waals surface area contributed by atoms with E-state index in [2.05, 4.69) is 10.1 Å². The standard InChI is InChI=1S/C16H16FN5OS/c17-7-12(8-18)9-22-16(23)21(11-20-22)10-14-1-2-15(24-14)13-3-5-19-6-4-13/h1-7,11H,8-10,18H2/b12-7+. The second-order valence-corrected chi connectivity index (χ2v) is 6.34. The Labute approximate surface area is 141 Å². The van der Waals surface area contributed by atoms with Crippen LogP contribution in [0.4, 0.5) is 4.39 Å². The van der Waals surface area contributed by atoms with Crippen LogP contribution in [0, 0.1) is 0 Å². The summed E-state index contributed by atoms with van der Waals surface area (Å²) >= 11 is 1.61. The Kier molecular flexibility index (Phi) is 4.97. The van der Waals surface area contributed by atoms with Gasteiger partial charge in [0, 0.05) is 28.7 Å². The van der Waals surface area contributed by atoms with Crippen LogP contribution in [0.15, 0.2) is 59.7 Å². The van der Waals surface area contributed by atoms with Crippen molar-refractivity contribution in [2.45, 2.75) is 13.1 Å². The Bertz CT molecular complexity index is 897. The molecule has 3 rings (SSSR count). The lowest BCUT2D eigenvalue weighted by Crippen LogP contribution is -2.26. The first-order valence-corrected chi connectivity index (χ1v) is 8.12. The third-order valence-corrected chi connectivity index (χ3v) is 4.64. The Morgan fingerprint density at radius 3 is 2.79 bits per heavy atom. The molecular formula is C16H16FN5OS. The highest BCUT2D eigenvalue weighted by Crippen LogP contribution is 2.27. The van der Waals surface area contributed by atoms with E-state index in [1.807, 2.05) is 24.3 Å². The fourth-order valence-corrected chi connectivity index (χ4v) is 3.24. The lowest BCUT2D eigenvalue weighted by molar-refractivity contribution is 0.604. The van der Waals surface area contributed by atoms with Crippen molar-refractivity contribution in [2.75, 3.05) is 6.54 Å². The minimum atomic E-state index is -0.290. The third-order valence-electron chi connectivity index (χ3n) is 3.52. The largest absolute Gasteiger partial charge is 0.346 e. The van der Waals surface area contributed by atoms with Gasteiger partial charge in [-0.05, 0) is 35.4 Å². The average molecular weight is 345 g/mol. The molecule has 0 aliphatic heterocycles. The number of halogens is 1. The maximum absolute atomic E-state index is 12.6. The normalized spacial score (nSPS) is 11.8. The molecule has 0 aliphatic rings. The molecule has 6 nitrogen and oxygen atoms in total. The van der Waals surface area contributed by atoms with Crippen LogP contribution >= 0.6 is 11.3 Å². The summed E-state index contributed by atoms with van der Waals surface area (Å²) in [5.74, 6) is 0. The lowest BCUT2D eigenvalue weighted by Gasteiger charge is -2.01. The van der Waals surface area contributed by atoms with Gasteiger partial charge in [-0.25, -0.2) is 13.9 Å². The predicted octanol–water partition coefficient (Wildman–Crippen LogP) is 2.03. The maximum atomic E-state index is 12.6. The Hall–Kier alpha value is -2.58. The molecule has 0 atom stereocenters. The number of hydrogen-bond donors (Lipinski definition) is 1. The average Bonchev–Trinajstić information content (AvgIpc) is 3.22. The summed E-state index contributed by atoms with van der Waals surface area (Å²) in [6, 6.07) is 7.88. The molecule has 0 spiro atoms. The van der Waals surface area contributed by atoms with E-state index in [0.717, 1.165) is 15.3 Å². The Morgan fingerprint density at radius 1 is 1.29 bits per heavy atom. The van der Waals surface area contributed by atoms with Crippen molar-refractivity contribution in [2.24, 2.45) is 5.73 Å². The van der Waals surface area contributed by atoms with Gasteiger partial charge in [0.15, 0.2) is 0 Å². The highest BCUT2D eigenvalue weighted by molar-refractivity contribution is 7.15. The Balaban J connectivity index is 1.77. The predicted molar refractivity (Wildman–Crippen MR) is 91.4 cm³/mol. The summed E-state index contributed by atoms with van der Waals surface area (Å²) in [7, 11) is 0. The molecule has 0 saturated heterocycles. The number of pyridine rings is 1. The van der Waals surface area contributed by atoms with Crippen molar-refractivity contribution in [3.8, 4) is 10.4 Å². The van der Waals surface area contributed by atoms with Gasteiger partial charge in [0.1, 0.15) is 6.33 Å². The van der Waals surface area contributed by atoms with Gasteiger partial charge < -0.3 is 5.73 Å². The molecule has 0 saturated carbocycles. The van der Waals surface area contributed by atoms with Crippen LogP contribution in [0.1, 0.15) is 4.88 Å². The summed E-state index contributed by atoms with van der Waals surface area (Å²) in [6.45, 7) is 0.535.